The van der Waals surface area contributed by atoms with Gasteiger partial charge in [0.15, 0.2) is 0 Å². The number of rotatable bonds is 7. The molecule has 0 bridgehead atoms. The highest BCUT2D eigenvalue weighted by molar-refractivity contribution is 6.03. The van der Waals surface area contributed by atoms with Gasteiger partial charge in [0.05, 0.1) is 35.5 Å². The molecule has 1 aromatic carbocycles. The van der Waals surface area contributed by atoms with Gasteiger partial charge in [-0.1, -0.05) is 32.0 Å². The second kappa shape index (κ2) is 10.1. The van der Waals surface area contributed by atoms with Crippen molar-refractivity contribution in [3.05, 3.63) is 46.7 Å². The molecule has 2 N–H and O–H groups in total. The Kier molecular flexibility index (Phi) is 7.31. The van der Waals surface area contributed by atoms with Crippen molar-refractivity contribution in [1.29, 1.82) is 0 Å². The summed E-state index contributed by atoms with van der Waals surface area (Å²) >= 11 is 0. The molecule has 0 aliphatic carbocycles. The monoisotopic (exact) mass is 508 g/mol. The highest BCUT2D eigenvalue weighted by Gasteiger charge is 2.49. The number of ether oxygens (including phenoxy) is 1. The third-order valence-electron chi connectivity index (χ3n) is 6.91. The van der Waals surface area contributed by atoms with Crippen LogP contribution in [0.2, 0.25) is 0 Å². The van der Waals surface area contributed by atoms with Crippen molar-refractivity contribution >= 4 is 17.8 Å². The van der Waals surface area contributed by atoms with Crippen LogP contribution in [0.3, 0.4) is 0 Å². The number of nitrogens with zero attached hydrogens (tertiary/aromatic N) is 2. The maximum absolute atomic E-state index is 13.8. The Hall–Kier alpha value is -3.08. The molecule has 196 valence electrons. The van der Waals surface area contributed by atoms with Gasteiger partial charge < -0.3 is 20.3 Å². The molecule has 3 aliphatic rings. The minimum Gasteiger partial charge on any atom is -0.376 e. The highest BCUT2D eigenvalue weighted by atomic mass is 19.4. The first-order valence-electron chi connectivity index (χ1n) is 12.2. The van der Waals surface area contributed by atoms with E-state index in [1.807, 2.05) is 0 Å². The van der Waals surface area contributed by atoms with E-state index < -0.39 is 35.8 Å². The number of amides is 4. The summed E-state index contributed by atoms with van der Waals surface area (Å²) in [6.45, 7) is 6.46. The molecule has 4 rings (SSSR count). The predicted molar refractivity (Wildman–Crippen MR) is 124 cm³/mol. The third kappa shape index (κ3) is 4.80. The molecule has 1 saturated heterocycles. The smallest absolute Gasteiger partial charge is 0.376 e. The van der Waals surface area contributed by atoms with E-state index in [0.717, 1.165) is 18.9 Å². The molecule has 11 heteroatoms. The Morgan fingerprint density at radius 2 is 1.97 bits per heavy atom. The topological polar surface area (TPSA) is 91.0 Å². The van der Waals surface area contributed by atoms with E-state index in [9.17, 15) is 27.6 Å². The first-order valence-corrected chi connectivity index (χ1v) is 12.2. The second-order valence-corrected chi connectivity index (χ2v) is 9.57. The molecule has 3 unspecified atom stereocenters. The zero-order valence-electron chi connectivity index (χ0n) is 20.5. The summed E-state index contributed by atoms with van der Waals surface area (Å²) < 4.78 is 47.0. The van der Waals surface area contributed by atoms with Gasteiger partial charge in [0, 0.05) is 19.7 Å². The van der Waals surface area contributed by atoms with Crippen molar-refractivity contribution < 1.29 is 32.3 Å². The average Bonchev–Trinajstić information content (AvgIpc) is 3.45. The van der Waals surface area contributed by atoms with Crippen molar-refractivity contribution in [2.24, 2.45) is 5.92 Å². The lowest BCUT2D eigenvalue weighted by molar-refractivity contribution is -0.139. The van der Waals surface area contributed by atoms with Crippen LogP contribution in [0.25, 0.3) is 0 Å². The first kappa shape index (κ1) is 26.0. The van der Waals surface area contributed by atoms with Crippen LogP contribution < -0.4 is 10.6 Å². The molecule has 0 radical (unpaired) electrons. The van der Waals surface area contributed by atoms with Crippen molar-refractivity contribution in [3.8, 4) is 0 Å². The second-order valence-electron chi connectivity index (χ2n) is 9.57. The Balaban J connectivity index is 1.68. The van der Waals surface area contributed by atoms with Gasteiger partial charge in [0.2, 0.25) is 5.91 Å². The Labute approximate surface area is 207 Å². The van der Waals surface area contributed by atoms with Gasteiger partial charge >= 0.3 is 12.2 Å². The number of hydrogen-bond acceptors (Lipinski definition) is 4. The largest absolute Gasteiger partial charge is 0.416 e. The highest BCUT2D eigenvalue weighted by Crippen LogP contribution is 2.42. The number of alkyl halides is 3. The van der Waals surface area contributed by atoms with Gasteiger partial charge in [0.25, 0.3) is 5.91 Å². The van der Waals surface area contributed by atoms with E-state index in [1.165, 1.54) is 28.0 Å². The molecule has 3 heterocycles. The maximum Gasteiger partial charge on any atom is 0.416 e. The molecular formula is C25H31F3N4O4. The van der Waals surface area contributed by atoms with Crippen molar-refractivity contribution in [3.63, 3.8) is 0 Å². The lowest BCUT2D eigenvalue weighted by Crippen LogP contribution is -2.52. The molecule has 0 spiro atoms. The van der Waals surface area contributed by atoms with Crippen LogP contribution in [0.4, 0.5) is 18.0 Å². The first-order chi connectivity index (χ1) is 17.0. The molecule has 4 amide bonds. The summed E-state index contributed by atoms with van der Waals surface area (Å²) in [5, 5.41) is 5.46. The zero-order chi connectivity index (χ0) is 26.2. The molecule has 0 saturated carbocycles. The average molecular weight is 509 g/mol. The number of nitrogens with one attached hydrogen (secondary N) is 2. The predicted octanol–water partition coefficient (Wildman–Crippen LogP) is 3.21. The Bertz CT molecular complexity index is 1070. The maximum atomic E-state index is 13.8. The fraction of sp³-hybridized carbons (Fsp3) is 0.560. The van der Waals surface area contributed by atoms with Gasteiger partial charge in [-0.15, -0.1) is 0 Å². The number of urea groups is 1. The lowest BCUT2D eigenvalue weighted by atomic mass is 9.91. The summed E-state index contributed by atoms with van der Waals surface area (Å²) in [5.41, 5.74) is -0.745. The number of benzene rings is 1. The van der Waals surface area contributed by atoms with E-state index in [0.29, 0.717) is 18.8 Å². The van der Waals surface area contributed by atoms with Crippen LogP contribution in [0.15, 0.2) is 35.5 Å². The summed E-state index contributed by atoms with van der Waals surface area (Å²) in [6, 6.07) is 2.17. The summed E-state index contributed by atoms with van der Waals surface area (Å²) in [7, 11) is 0. The van der Waals surface area contributed by atoms with Crippen LogP contribution >= 0.6 is 0 Å². The number of halogens is 3. The van der Waals surface area contributed by atoms with Gasteiger partial charge in [-0.3, -0.25) is 14.5 Å². The molecule has 1 fully saturated rings. The molecular weight excluding hydrogens is 477 g/mol. The van der Waals surface area contributed by atoms with Gasteiger partial charge in [0.1, 0.15) is 6.04 Å². The quantitative estimate of drug-likeness (QED) is 0.592. The lowest BCUT2D eigenvalue weighted by Gasteiger charge is -2.33. The summed E-state index contributed by atoms with van der Waals surface area (Å²) in [4.78, 5) is 42.6. The molecule has 3 aliphatic heterocycles. The Morgan fingerprint density at radius 1 is 1.25 bits per heavy atom. The van der Waals surface area contributed by atoms with Crippen LogP contribution in [0.1, 0.15) is 50.8 Å². The number of hydrogen-bond donors (Lipinski definition) is 2. The molecule has 8 nitrogen and oxygen atoms in total. The normalized spacial score (nSPS) is 23.3. The van der Waals surface area contributed by atoms with Gasteiger partial charge in [-0.25, -0.2) is 4.79 Å². The Morgan fingerprint density at radius 3 is 2.58 bits per heavy atom. The fourth-order valence-corrected chi connectivity index (χ4v) is 5.24. The van der Waals surface area contributed by atoms with E-state index in [1.54, 1.807) is 20.8 Å². The zero-order valence-corrected chi connectivity index (χ0v) is 20.5. The van der Waals surface area contributed by atoms with Crippen LogP contribution in [0.5, 0.6) is 0 Å². The number of carbonyl (C=O) groups excluding carboxylic acids is 3. The van der Waals surface area contributed by atoms with Crippen molar-refractivity contribution in [2.45, 2.75) is 58.0 Å². The van der Waals surface area contributed by atoms with Crippen molar-refractivity contribution in [1.82, 2.24) is 20.4 Å². The van der Waals surface area contributed by atoms with E-state index in [4.69, 9.17) is 4.74 Å². The standard InChI is InChI=1S/C25H31F3N4O4/c1-4-31-18-13-32(21(14(2)3)22(33)29-12-15-8-7-11-36-15)23(34)19(18)20(30-24(31)35)16-9-5-6-10-17(16)25(26,27)28/h5-6,9-10,14-15,20-21H,4,7-8,11-13H2,1-3H3,(H,29,33)(H,30,35). The van der Waals surface area contributed by atoms with Crippen LogP contribution in [-0.2, 0) is 20.5 Å². The van der Waals surface area contributed by atoms with Crippen LogP contribution in [0, 0.1) is 5.92 Å². The van der Waals surface area contributed by atoms with Gasteiger partial charge in [-0.2, -0.15) is 13.2 Å². The molecule has 0 aromatic heterocycles. The fourth-order valence-electron chi connectivity index (χ4n) is 5.24. The molecule has 3 atom stereocenters. The minimum absolute atomic E-state index is 0.0453. The van der Waals surface area contributed by atoms with Crippen LogP contribution in [-0.4, -0.2) is 66.0 Å². The van der Waals surface area contributed by atoms with Gasteiger partial charge in [-0.05, 0) is 37.3 Å². The number of likely N-dealkylation sites (N-methyl/N-ethyl adjacent to an activating group) is 1. The molecule has 1 aromatic rings. The van der Waals surface area contributed by atoms with E-state index in [-0.39, 0.29) is 42.2 Å². The third-order valence-corrected chi connectivity index (χ3v) is 6.91. The summed E-state index contributed by atoms with van der Waals surface area (Å²) in [6.07, 6.45) is -2.99. The minimum atomic E-state index is -4.67. The van der Waals surface area contributed by atoms with E-state index in [2.05, 4.69) is 10.6 Å². The number of carbonyl (C=O) groups is 3. The molecule has 36 heavy (non-hydrogen) atoms. The SMILES string of the molecule is CCN1C(=O)NC(c2ccccc2C(F)(F)F)C2=C1CN(C(C(=O)NCC1CCCO1)C(C)C)C2=O. The van der Waals surface area contributed by atoms with E-state index >= 15 is 0 Å². The van der Waals surface area contributed by atoms with Crippen molar-refractivity contribution in [2.75, 3.05) is 26.2 Å². The summed E-state index contributed by atoms with van der Waals surface area (Å²) in [5.74, 6) is -1.20.